The van der Waals surface area contributed by atoms with Crippen molar-refractivity contribution in [2.75, 3.05) is 37.8 Å². The van der Waals surface area contributed by atoms with Crippen molar-refractivity contribution in [1.82, 2.24) is 20.0 Å². The van der Waals surface area contributed by atoms with Crippen LogP contribution in [0.2, 0.25) is 0 Å². The zero-order valence-corrected chi connectivity index (χ0v) is 39.6. The normalized spacial score (nSPS) is 22.0. The second-order valence-electron chi connectivity index (χ2n) is 19.5. The van der Waals surface area contributed by atoms with Gasteiger partial charge in [0.2, 0.25) is 5.75 Å². The van der Waals surface area contributed by atoms with Crippen molar-refractivity contribution in [2.24, 2.45) is 11.3 Å². The summed E-state index contributed by atoms with van der Waals surface area (Å²) in [6.07, 6.45) is 8.32. The van der Waals surface area contributed by atoms with Crippen LogP contribution in [0, 0.1) is 27.3 Å². The number of nitro benzene ring substituents is 1. The Kier molecular flexibility index (Phi) is 13.2. The predicted octanol–water partition coefficient (Wildman–Crippen LogP) is 8.84. The first kappa shape index (κ1) is 47.3. The minimum atomic E-state index is -4.75. The molecular formula is C50H59FN6O10S. The number of pyridine rings is 1. The monoisotopic (exact) mass is 954 g/mol. The highest BCUT2D eigenvalue weighted by molar-refractivity contribution is 7.90. The number of piperidine rings is 1. The molecule has 2 aliphatic carbocycles. The number of nitrogens with zero attached hydrogens (tertiary/aromatic N) is 3. The molecule has 0 bridgehead atoms. The molecule has 16 nitrogen and oxygen atoms in total. The van der Waals surface area contributed by atoms with Crippen molar-refractivity contribution >= 4 is 38.3 Å². The minimum absolute atomic E-state index is 0.00840. The van der Waals surface area contributed by atoms with Gasteiger partial charge in [0.25, 0.3) is 15.9 Å². The number of nitro groups is 1. The molecule has 4 aliphatic rings. The number of H-pyrrole nitrogens is 1. The molecule has 3 aromatic carbocycles. The van der Waals surface area contributed by atoms with Gasteiger partial charge in [0, 0.05) is 55.8 Å². The lowest BCUT2D eigenvalue weighted by Gasteiger charge is -2.53. The molecule has 0 unspecified atom stereocenters. The quantitative estimate of drug-likeness (QED) is 0.0572. The van der Waals surface area contributed by atoms with Crippen molar-refractivity contribution in [3.8, 4) is 23.0 Å². The van der Waals surface area contributed by atoms with Gasteiger partial charge in [-0.1, -0.05) is 38.1 Å². The predicted molar refractivity (Wildman–Crippen MR) is 253 cm³/mol. The van der Waals surface area contributed by atoms with Crippen LogP contribution in [-0.2, 0) is 14.8 Å². The van der Waals surface area contributed by atoms with E-state index < -0.39 is 49.0 Å². The Labute approximate surface area is 395 Å². The van der Waals surface area contributed by atoms with Crippen LogP contribution in [0.5, 0.6) is 23.0 Å². The molecular weight excluding hydrogens is 896 g/mol. The Morgan fingerprint density at radius 2 is 1.81 bits per heavy atom. The summed E-state index contributed by atoms with van der Waals surface area (Å²) in [5, 5.41) is 26.8. The van der Waals surface area contributed by atoms with Crippen LogP contribution in [0.25, 0.3) is 11.0 Å². The van der Waals surface area contributed by atoms with Crippen molar-refractivity contribution in [2.45, 2.75) is 114 Å². The van der Waals surface area contributed by atoms with Gasteiger partial charge in [-0.15, -0.1) is 0 Å². The number of ether oxygens (including phenoxy) is 4. The molecule has 5 aromatic rings. The zero-order chi connectivity index (χ0) is 48.0. The number of carbonyl (C=O) groups is 1. The molecule has 362 valence electrons. The number of anilines is 1. The van der Waals surface area contributed by atoms with E-state index in [1.807, 2.05) is 6.92 Å². The Morgan fingerprint density at radius 3 is 2.51 bits per heavy atom. The van der Waals surface area contributed by atoms with Crippen LogP contribution >= 0.6 is 0 Å². The Bertz CT molecular complexity index is 2790. The van der Waals surface area contributed by atoms with E-state index in [9.17, 15) is 32.8 Å². The summed E-state index contributed by atoms with van der Waals surface area (Å²) in [6, 6.07) is 17.2. The van der Waals surface area contributed by atoms with E-state index in [1.165, 1.54) is 35.7 Å². The molecule has 0 radical (unpaired) electrons. The first-order valence-electron chi connectivity index (χ1n) is 23.5. The number of amides is 1. The molecule has 2 aromatic heterocycles. The molecule has 1 spiro atoms. The second-order valence-corrected chi connectivity index (χ2v) is 21.2. The summed E-state index contributed by atoms with van der Waals surface area (Å²) < 4.78 is 68.8. The first-order chi connectivity index (χ1) is 32.5. The van der Waals surface area contributed by atoms with Crippen LogP contribution in [0.1, 0.15) is 113 Å². The average molecular weight is 955 g/mol. The van der Waals surface area contributed by atoms with Gasteiger partial charge in [0.05, 0.1) is 45.2 Å². The van der Waals surface area contributed by atoms with Gasteiger partial charge in [0.15, 0.2) is 5.75 Å². The van der Waals surface area contributed by atoms with Crippen LogP contribution < -0.4 is 29.1 Å². The number of sulfonamides is 1. The summed E-state index contributed by atoms with van der Waals surface area (Å²) in [5.41, 5.74) is 2.23. The maximum atomic E-state index is 14.7. The Balaban J connectivity index is 0.917. The fourth-order valence-corrected chi connectivity index (χ4v) is 11.5. The molecule has 2 atom stereocenters. The third kappa shape index (κ3) is 9.86. The summed E-state index contributed by atoms with van der Waals surface area (Å²) in [6.45, 7) is 10.9. The van der Waals surface area contributed by atoms with E-state index in [1.54, 1.807) is 19.1 Å². The molecule has 18 heteroatoms. The number of halogens is 1. The summed E-state index contributed by atoms with van der Waals surface area (Å²) in [7, 11) is -4.75. The smallest absolute Gasteiger partial charge is 0.316 e. The van der Waals surface area contributed by atoms with Gasteiger partial charge in [-0.25, -0.2) is 22.5 Å². The van der Waals surface area contributed by atoms with Gasteiger partial charge in [0.1, 0.15) is 35.7 Å². The van der Waals surface area contributed by atoms with Gasteiger partial charge < -0.3 is 39.3 Å². The number of rotatable bonds is 15. The number of carbonyl (C=O) groups excluding carboxylic acids is 1. The molecule has 68 heavy (non-hydrogen) atoms. The Morgan fingerprint density at radius 1 is 1.07 bits per heavy atom. The molecule has 1 saturated heterocycles. The molecule has 4 heterocycles. The molecule has 2 aliphatic heterocycles. The maximum Gasteiger partial charge on any atom is 0.316 e. The second kappa shape index (κ2) is 18.9. The fraction of sp³-hybridized carbons (Fsp3) is 0.480. The molecule has 9 rings (SSSR count). The SMILES string of the molecule is CCOC[C@H](NC1CC2(CCN(c3ccc(C(=O)NS(=O)(=O)c4cc5c(c([N+](=O)[O-])c4)O[C@H](C4CCC(C)(O)CC4)CO5)c(Oc4cnc5[nH]cc(F)c5c4)c3)CC2)C1)c1ccccc1C(C)C. The van der Waals surface area contributed by atoms with E-state index in [0.29, 0.717) is 56.5 Å². The highest BCUT2D eigenvalue weighted by Crippen LogP contribution is 2.51. The van der Waals surface area contributed by atoms with Crippen LogP contribution in [0.4, 0.5) is 15.8 Å². The van der Waals surface area contributed by atoms with Crippen LogP contribution in [0.15, 0.2) is 78.0 Å². The van der Waals surface area contributed by atoms with Gasteiger partial charge >= 0.3 is 5.69 Å². The van der Waals surface area contributed by atoms with E-state index in [-0.39, 0.29) is 57.9 Å². The first-order valence-corrected chi connectivity index (χ1v) is 25.0. The third-order valence-electron chi connectivity index (χ3n) is 14.4. The number of hydrogen-bond acceptors (Lipinski definition) is 13. The number of nitrogens with one attached hydrogen (secondary N) is 3. The standard InChI is InChI=1S/C50H59FN6O10S/c1-5-64-28-41(37-9-7-6-8-36(37)30(2)3)54-32-24-50(25-32)16-18-56(19-17-50)33-10-11-38(43(20-33)66-34-21-39-40(51)27-53-47(39)52-26-34)48(58)55-68(62,63)35-22-42(57(60)61)46-44(23-35)65-29-45(67-46)31-12-14-49(4,59)15-13-31/h6-11,20-23,26-27,30-32,41,45,54,59H,5,12-19,24-25,28-29H2,1-4H3,(H,52,53)(H,55,58)/t31?,41-,45-,49?/m0/s1. The Hall–Kier alpha value is -5.82. The van der Waals surface area contributed by atoms with Gasteiger partial charge in [-0.3, -0.25) is 14.9 Å². The topological polar surface area (TPSA) is 207 Å². The van der Waals surface area contributed by atoms with Crippen molar-refractivity contribution in [3.05, 3.63) is 106 Å². The van der Waals surface area contributed by atoms with Crippen LogP contribution in [-0.4, -0.2) is 85.0 Å². The van der Waals surface area contributed by atoms with E-state index in [4.69, 9.17) is 18.9 Å². The summed E-state index contributed by atoms with van der Waals surface area (Å²) in [4.78, 5) is 34.3. The largest absolute Gasteiger partial charge is 0.485 e. The molecule has 3 fully saturated rings. The van der Waals surface area contributed by atoms with Crippen molar-refractivity contribution in [3.63, 3.8) is 0 Å². The van der Waals surface area contributed by atoms with Gasteiger partial charge in [-0.2, -0.15) is 0 Å². The zero-order valence-electron chi connectivity index (χ0n) is 38.8. The van der Waals surface area contributed by atoms with E-state index >= 15 is 0 Å². The van der Waals surface area contributed by atoms with Crippen LogP contribution in [0.3, 0.4) is 0 Å². The maximum absolute atomic E-state index is 14.7. The van der Waals surface area contributed by atoms with Gasteiger partial charge in [-0.05, 0) is 112 Å². The highest BCUT2D eigenvalue weighted by atomic mass is 32.2. The highest BCUT2D eigenvalue weighted by Gasteiger charge is 2.47. The number of hydrogen-bond donors (Lipinski definition) is 4. The lowest BCUT2D eigenvalue weighted by Crippen LogP contribution is -2.54. The lowest BCUT2D eigenvalue weighted by atomic mass is 9.60. The summed E-state index contributed by atoms with van der Waals surface area (Å²) in [5.74, 6) is -1.50. The lowest BCUT2D eigenvalue weighted by molar-refractivity contribution is -0.386. The minimum Gasteiger partial charge on any atom is -0.485 e. The molecule has 1 amide bonds. The van der Waals surface area contributed by atoms with Crippen molar-refractivity contribution in [1.29, 1.82) is 0 Å². The number of fused-ring (bicyclic) bond motifs is 2. The molecule has 2 saturated carbocycles. The summed E-state index contributed by atoms with van der Waals surface area (Å²) >= 11 is 0. The van der Waals surface area contributed by atoms with Crippen molar-refractivity contribution < 1.29 is 46.6 Å². The third-order valence-corrected chi connectivity index (χ3v) is 15.7. The average Bonchev–Trinajstić information content (AvgIpc) is 3.68. The van der Waals surface area contributed by atoms with E-state index in [2.05, 4.69) is 63.0 Å². The number of benzene rings is 3. The number of aromatic nitrogens is 2. The number of aliphatic hydroxyl groups is 1. The number of aromatic amines is 1. The van der Waals surface area contributed by atoms with E-state index in [0.717, 1.165) is 56.6 Å². The molecule has 4 N–H and O–H groups in total. The fourth-order valence-electron chi connectivity index (χ4n) is 10.5.